The zero-order valence-corrected chi connectivity index (χ0v) is 14.6. The minimum atomic E-state index is -0.477. The summed E-state index contributed by atoms with van der Waals surface area (Å²) in [5.74, 6) is 0. The van der Waals surface area contributed by atoms with E-state index in [0.29, 0.717) is 0 Å². The van der Waals surface area contributed by atoms with E-state index >= 15 is 0 Å². The molecule has 1 unspecified atom stereocenters. The van der Waals surface area contributed by atoms with Gasteiger partial charge in [-0.3, -0.25) is 4.68 Å². The lowest BCUT2D eigenvalue weighted by atomic mass is 10.1. The second kappa shape index (κ2) is 8.77. The van der Waals surface area contributed by atoms with E-state index in [1.807, 2.05) is 18.8 Å². The molecule has 0 bridgehead atoms. The van der Waals surface area contributed by atoms with Gasteiger partial charge in [-0.1, -0.05) is 13.8 Å². The van der Waals surface area contributed by atoms with Gasteiger partial charge in [-0.2, -0.15) is 5.10 Å². The number of aliphatic hydroxyl groups is 1. The van der Waals surface area contributed by atoms with Crippen molar-refractivity contribution in [3.63, 3.8) is 0 Å². The summed E-state index contributed by atoms with van der Waals surface area (Å²) in [4.78, 5) is 4.43. The largest absolute Gasteiger partial charge is 0.387 e. The van der Waals surface area contributed by atoms with Crippen LogP contribution in [0, 0.1) is 0 Å². The average Bonchev–Trinajstić information content (AvgIpc) is 2.78. The molecule has 1 atom stereocenters. The van der Waals surface area contributed by atoms with Crippen molar-refractivity contribution in [2.24, 2.45) is 0 Å². The zero-order valence-electron chi connectivity index (χ0n) is 13.0. The number of likely N-dealkylation sites (N-methyl/N-ethyl adjacent to an activating group) is 1. The summed E-state index contributed by atoms with van der Waals surface area (Å²) in [6.45, 7) is 8.93. The van der Waals surface area contributed by atoms with Gasteiger partial charge in [-0.05, 0) is 49.5 Å². The highest BCUT2D eigenvalue weighted by atomic mass is 79.9. The highest BCUT2D eigenvalue weighted by molar-refractivity contribution is 9.10. The maximum atomic E-state index is 10.4. The molecular weight excluding hydrogens is 320 g/mol. The fourth-order valence-electron chi connectivity index (χ4n) is 2.16. The molecule has 116 valence electrons. The van der Waals surface area contributed by atoms with Crippen LogP contribution in [0.2, 0.25) is 0 Å². The van der Waals surface area contributed by atoms with Crippen molar-refractivity contribution >= 4 is 15.9 Å². The van der Waals surface area contributed by atoms with Crippen molar-refractivity contribution in [3.05, 3.63) is 16.4 Å². The zero-order chi connectivity index (χ0) is 15.1. The van der Waals surface area contributed by atoms with Crippen LogP contribution in [0.25, 0.3) is 0 Å². The first kappa shape index (κ1) is 17.6. The Morgan fingerprint density at radius 2 is 1.95 bits per heavy atom. The van der Waals surface area contributed by atoms with E-state index in [1.165, 1.54) is 0 Å². The average molecular weight is 347 g/mol. The lowest BCUT2D eigenvalue weighted by molar-refractivity contribution is 0.134. The maximum Gasteiger partial charge on any atom is 0.0980 e. The monoisotopic (exact) mass is 346 g/mol. The Kier molecular flexibility index (Phi) is 7.72. The number of rotatable bonds is 9. The molecule has 0 aromatic carbocycles. The van der Waals surface area contributed by atoms with E-state index in [1.54, 1.807) is 6.20 Å². The number of hydrogen-bond acceptors (Lipinski definition) is 4. The van der Waals surface area contributed by atoms with E-state index in [9.17, 15) is 5.11 Å². The molecule has 0 radical (unpaired) electrons. The third-order valence-corrected chi connectivity index (χ3v) is 4.13. The second-order valence-corrected chi connectivity index (χ2v) is 6.09. The molecule has 20 heavy (non-hydrogen) atoms. The van der Waals surface area contributed by atoms with Crippen molar-refractivity contribution < 1.29 is 5.11 Å². The number of halogens is 1. The molecule has 0 fully saturated rings. The molecule has 0 aliphatic heterocycles. The SMILES string of the molecule is CCN(CC)CCC(O)c1c(Br)cnn1CCN(C)C. The molecular formula is C14H27BrN4O. The van der Waals surface area contributed by atoms with Gasteiger partial charge in [-0.15, -0.1) is 0 Å². The van der Waals surface area contributed by atoms with Gasteiger partial charge in [0.25, 0.3) is 0 Å². The van der Waals surface area contributed by atoms with Gasteiger partial charge in [0.15, 0.2) is 0 Å². The summed E-state index contributed by atoms with van der Waals surface area (Å²) in [5.41, 5.74) is 0.888. The van der Waals surface area contributed by atoms with E-state index in [-0.39, 0.29) is 0 Å². The van der Waals surface area contributed by atoms with Gasteiger partial charge in [-0.25, -0.2) is 0 Å². The van der Waals surface area contributed by atoms with Crippen molar-refractivity contribution in [1.82, 2.24) is 19.6 Å². The van der Waals surface area contributed by atoms with E-state index in [0.717, 1.165) is 49.3 Å². The molecule has 1 aromatic heterocycles. The van der Waals surface area contributed by atoms with Gasteiger partial charge in [0.2, 0.25) is 0 Å². The Hall–Kier alpha value is -0.430. The van der Waals surface area contributed by atoms with Gasteiger partial charge >= 0.3 is 0 Å². The van der Waals surface area contributed by atoms with Crippen LogP contribution >= 0.6 is 15.9 Å². The lowest BCUT2D eigenvalue weighted by Crippen LogP contribution is -2.26. The van der Waals surface area contributed by atoms with Crippen molar-refractivity contribution in [2.75, 3.05) is 40.3 Å². The molecule has 0 spiro atoms. The van der Waals surface area contributed by atoms with E-state index in [2.05, 4.69) is 44.7 Å². The molecule has 1 rings (SSSR count). The Balaban J connectivity index is 2.66. The summed E-state index contributed by atoms with van der Waals surface area (Å²) >= 11 is 3.50. The molecule has 1 aromatic rings. The Labute approximate surface area is 130 Å². The molecule has 5 nitrogen and oxygen atoms in total. The highest BCUT2D eigenvalue weighted by Crippen LogP contribution is 2.25. The van der Waals surface area contributed by atoms with Gasteiger partial charge < -0.3 is 14.9 Å². The van der Waals surface area contributed by atoms with Crippen LogP contribution in [0.4, 0.5) is 0 Å². The van der Waals surface area contributed by atoms with Crippen LogP contribution in [0.15, 0.2) is 10.7 Å². The summed E-state index contributed by atoms with van der Waals surface area (Å²) in [7, 11) is 4.07. The number of nitrogens with zero attached hydrogens (tertiary/aromatic N) is 4. The van der Waals surface area contributed by atoms with Gasteiger partial charge in [0, 0.05) is 13.1 Å². The number of hydrogen-bond donors (Lipinski definition) is 1. The van der Waals surface area contributed by atoms with E-state index in [4.69, 9.17) is 0 Å². The fourth-order valence-corrected chi connectivity index (χ4v) is 2.72. The molecule has 1 heterocycles. The first-order valence-corrected chi connectivity index (χ1v) is 8.05. The molecule has 0 amide bonds. The first-order chi connectivity index (χ1) is 9.49. The Morgan fingerprint density at radius 3 is 2.50 bits per heavy atom. The molecule has 0 aliphatic rings. The predicted octanol–water partition coefficient (Wildman–Crippen LogP) is 1.97. The van der Waals surface area contributed by atoms with E-state index < -0.39 is 6.10 Å². The summed E-state index contributed by atoms with van der Waals surface area (Å²) < 4.78 is 2.79. The normalized spacial score (nSPS) is 13.4. The first-order valence-electron chi connectivity index (χ1n) is 7.25. The fraction of sp³-hybridized carbons (Fsp3) is 0.786. The molecule has 0 aliphatic carbocycles. The second-order valence-electron chi connectivity index (χ2n) is 5.24. The standard InChI is InChI=1S/C14H27BrN4O/c1-5-18(6-2)8-7-13(20)14-12(15)11-16-19(14)10-9-17(3)4/h11,13,20H,5-10H2,1-4H3. The van der Waals surface area contributed by atoms with Gasteiger partial charge in [0.05, 0.1) is 29.0 Å². The maximum absolute atomic E-state index is 10.4. The smallest absolute Gasteiger partial charge is 0.0980 e. The lowest BCUT2D eigenvalue weighted by Gasteiger charge is -2.21. The molecule has 1 N–H and O–H groups in total. The van der Waals surface area contributed by atoms with Crippen molar-refractivity contribution in [3.8, 4) is 0 Å². The minimum absolute atomic E-state index is 0.477. The minimum Gasteiger partial charge on any atom is -0.387 e. The van der Waals surface area contributed by atoms with Crippen LogP contribution in [0.1, 0.15) is 32.1 Å². The molecule has 0 saturated carbocycles. The van der Waals surface area contributed by atoms with Crippen LogP contribution in [-0.4, -0.2) is 65.0 Å². The van der Waals surface area contributed by atoms with Crippen LogP contribution in [0.5, 0.6) is 0 Å². The quantitative estimate of drug-likeness (QED) is 0.742. The molecule has 0 saturated heterocycles. The Morgan fingerprint density at radius 1 is 1.30 bits per heavy atom. The van der Waals surface area contributed by atoms with Crippen LogP contribution in [0.3, 0.4) is 0 Å². The topological polar surface area (TPSA) is 44.5 Å². The van der Waals surface area contributed by atoms with Gasteiger partial charge in [0.1, 0.15) is 0 Å². The third-order valence-electron chi connectivity index (χ3n) is 3.52. The summed E-state index contributed by atoms with van der Waals surface area (Å²) in [6.07, 6.45) is 2.02. The Bertz CT molecular complexity index is 391. The van der Waals surface area contributed by atoms with Crippen molar-refractivity contribution in [2.45, 2.75) is 32.9 Å². The molecule has 6 heteroatoms. The predicted molar refractivity (Wildman–Crippen MR) is 85.8 cm³/mol. The number of aliphatic hydroxyl groups excluding tert-OH is 1. The highest BCUT2D eigenvalue weighted by Gasteiger charge is 2.18. The van der Waals surface area contributed by atoms with Crippen LogP contribution < -0.4 is 0 Å². The third kappa shape index (κ3) is 5.16. The summed E-state index contributed by atoms with van der Waals surface area (Å²) in [5, 5.41) is 14.8. The summed E-state index contributed by atoms with van der Waals surface area (Å²) in [6, 6.07) is 0. The van der Waals surface area contributed by atoms with Crippen molar-refractivity contribution in [1.29, 1.82) is 0 Å². The van der Waals surface area contributed by atoms with Crippen LogP contribution in [-0.2, 0) is 6.54 Å². The number of aromatic nitrogens is 2.